The Balaban J connectivity index is 1.70. The smallest absolute Gasteiger partial charge is 0.268 e. The lowest BCUT2D eigenvalue weighted by Gasteiger charge is -2.24. The van der Waals surface area contributed by atoms with Crippen molar-refractivity contribution in [2.24, 2.45) is 0 Å². The van der Waals surface area contributed by atoms with Crippen LogP contribution in [0.4, 0.5) is 15.8 Å². The van der Waals surface area contributed by atoms with Crippen LogP contribution in [-0.2, 0) is 13.0 Å². The zero-order valence-electron chi connectivity index (χ0n) is 14.6. The van der Waals surface area contributed by atoms with E-state index in [1.165, 1.54) is 17.4 Å². The Labute approximate surface area is 154 Å². The number of nitrogen functional groups attached to an aromatic ring is 1. The number of likely N-dealkylation sites (N-methyl/N-ethyl adjacent to an activating group) is 1. The number of pyridine rings is 1. The number of fused-ring (bicyclic) bond motifs is 2. The van der Waals surface area contributed by atoms with Crippen LogP contribution in [0.1, 0.15) is 26.5 Å². The number of aromatic nitrogens is 1. The summed E-state index contributed by atoms with van der Waals surface area (Å²) in [6.07, 6.45) is 0.885. The molecule has 5 nitrogen and oxygen atoms in total. The van der Waals surface area contributed by atoms with Crippen molar-refractivity contribution in [3.63, 3.8) is 0 Å². The summed E-state index contributed by atoms with van der Waals surface area (Å²) in [5.74, 6) is -0.877. The molecule has 0 radical (unpaired) electrons. The molecule has 26 heavy (non-hydrogen) atoms. The number of nitrogens with one attached hydrogen (secondary N) is 1. The van der Waals surface area contributed by atoms with E-state index in [0.29, 0.717) is 10.6 Å². The zero-order valence-corrected chi connectivity index (χ0v) is 15.4. The Morgan fingerprint density at radius 3 is 2.96 bits per heavy atom. The molecule has 7 heteroatoms. The normalized spacial score (nSPS) is 14.4. The van der Waals surface area contributed by atoms with E-state index in [2.05, 4.69) is 17.3 Å². The van der Waals surface area contributed by atoms with Gasteiger partial charge >= 0.3 is 0 Å². The maximum absolute atomic E-state index is 14.0. The summed E-state index contributed by atoms with van der Waals surface area (Å²) in [6, 6.07) is 6.72. The SMILES string of the molecule is Cc1ccc(NC(=O)c2sc3nc4c(cc3c2N)CN(C)CC4)c(F)c1. The molecule has 0 saturated carbocycles. The molecule has 4 rings (SSSR count). The number of aryl methyl sites for hydroxylation is 1. The van der Waals surface area contributed by atoms with Crippen molar-refractivity contribution in [2.45, 2.75) is 19.9 Å². The summed E-state index contributed by atoms with van der Waals surface area (Å²) in [4.78, 5) is 20.7. The van der Waals surface area contributed by atoms with Crippen molar-refractivity contribution in [3.05, 3.63) is 51.8 Å². The van der Waals surface area contributed by atoms with Gasteiger partial charge in [0.05, 0.1) is 11.4 Å². The van der Waals surface area contributed by atoms with Gasteiger partial charge in [0.25, 0.3) is 5.91 Å². The molecule has 1 aromatic carbocycles. The van der Waals surface area contributed by atoms with Gasteiger partial charge in [-0.1, -0.05) is 6.07 Å². The quantitative estimate of drug-likeness (QED) is 0.723. The number of nitrogens with two attached hydrogens (primary N) is 1. The second kappa shape index (κ2) is 6.34. The first-order valence-corrected chi connectivity index (χ1v) is 9.21. The maximum atomic E-state index is 14.0. The minimum atomic E-state index is -0.463. The molecular weight excluding hydrogens is 351 g/mol. The molecule has 3 N–H and O–H groups in total. The Morgan fingerprint density at radius 1 is 1.38 bits per heavy atom. The third-order valence-corrected chi connectivity index (χ3v) is 5.75. The summed E-state index contributed by atoms with van der Waals surface area (Å²) >= 11 is 1.25. The van der Waals surface area contributed by atoms with Gasteiger partial charge in [-0.2, -0.15) is 0 Å². The van der Waals surface area contributed by atoms with Crippen LogP contribution in [0.5, 0.6) is 0 Å². The first-order chi connectivity index (χ1) is 12.4. The van der Waals surface area contributed by atoms with Crippen molar-refractivity contribution >= 4 is 38.8 Å². The Kier molecular flexibility index (Phi) is 4.13. The van der Waals surface area contributed by atoms with E-state index in [-0.39, 0.29) is 5.69 Å². The van der Waals surface area contributed by atoms with Gasteiger partial charge in [-0.25, -0.2) is 9.37 Å². The minimum absolute atomic E-state index is 0.145. The van der Waals surface area contributed by atoms with Crippen LogP contribution in [0.2, 0.25) is 0 Å². The summed E-state index contributed by atoms with van der Waals surface area (Å²) in [5, 5.41) is 3.40. The van der Waals surface area contributed by atoms with E-state index in [9.17, 15) is 9.18 Å². The lowest BCUT2D eigenvalue weighted by molar-refractivity contribution is 0.103. The zero-order chi connectivity index (χ0) is 18.4. The Bertz CT molecular complexity index is 1030. The molecule has 0 unspecified atom stereocenters. The molecule has 0 bridgehead atoms. The Morgan fingerprint density at radius 2 is 2.19 bits per heavy atom. The second-order valence-corrected chi connectivity index (χ2v) is 7.72. The summed E-state index contributed by atoms with van der Waals surface area (Å²) in [6.45, 7) is 3.58. The lowest BCUT2D eigenvalue weighted by Crippen LogP contribution is -2.27. The van der Waals surface area contributed by atoms with Gasteiger partial charge in [-0.3, -0.25) is 4.79 Å². The van der Waals surface area contributed by atoms with Gasteiger partial charge in [0.1, 0.15) is 15.5 Å². The van der Waals surface area contributed by atoms with Gasteiger partial charge in [0, 0.05) is 30.6 Å². The highest BCUT2D eigenvalue weighted by molar-refractivity contribution is 7.21. The summed E-state index contributed by atoms with van der Waals surface area (Å²) in [7, 11) is 2.07. The predicted molar refractivity (Wildman–Crippen MR) is 103 cm³/mol. The number of halogens is 1. The molecule has 134 valence electrons. The average molecular weight is 370 g/mol. The van der Waals surface area contributed by atoms with Crippen LogP contribution in [0, 0.1) is 12.7 Å². The van der Waals surface area contributed by atoms with E-state index >= 15 is 0 Å². The van der Waals surface area contributed by atoms with Gasteiger partial charge in [-0.15, -0.1) is 11.3 Å². The average Bonchev–Trinajstić information content (AvgIpc) is 2.92. The van der Waals surface area contributed by atoms with Crippen molar-refractivity contribution in [3.8, 4) is 0 Å². The van der Waals surface area contributed by atoms with Crippen LogP contribution in [-0.4, -0.2) is 29.4 Å². The number of rotatable bonds is 2. The third-order valence-electron chi connectivity index (χ3n) is 4.64. The van der Waals surface area contributed by atoms with Crippen LogP contribution in [0.3, 0.4) is 0 Å². The maximum Gasteiger partial charge on any atom is 0.268 e. The highest BCUT2D eigenvalue weighted by atomic mass is 32.1. The number of anilines is 2. The molecule has 0 spiro atoms. The van der Waals surface area contributed by atoms with Crippen LogP contribution in [0.25, 0.3) is 10.2 Å². The van der Waals surface area contributed by atoms with Crippen LogP contribution < -0.4 is 11.1 Å². The Hall–Kier alpha value is -2.51. The molecule has 3 aromatic rings. The number of hydrogen-bond acceptors (Lipinski definition) is 5. The fourth-order valence-corrected chi connectivity index (χ4v) is 4.20. The molecular formula is C19H19FN4OS. The minimum Gasteiger partial charge on any atom is -0.397 e. The topological polar surface area (TPSA) is 71.2 Å². The second-order valence-electron chi connectivity index (χ2n) is 6.72. The highest BCUT2D eigenvalue weighted by Gasteiger charge is 2.22. The number of carbonyl (C=O) groups is 1. The fourth-order valence-electron chi connectivity index (χ4n) is 3.21. The molecule has 3 heterocycles. The van der Waals surface area contributed by atoms with Gasteiger partial charge in [-0.05, 0) is 43.3 Å². The number of hydrogen-bond donors (Lipinski definition) is 2. The van der Waals surface area contributed by atoms with Crippen molar-refractivity contribution in [2.75, 3.05) is 24.6 Å². The van der Waals surface area contributed by atoms with E-state index in [0.717, 1.165) is 46.5 Å². The van der Waals surface area contributed by atoms with Crippen molar-refractivity contribution in [1.29, 1.82) is 0 Å². The molecule has 0 aliphatic carbocycles. The van der Waals surface area contributed by atoms with E-state index in [1.807, 2.05) is 6.07 Å². The van der Waals surface area contributed by atoms with Crippen molar-refractivity contribution in [1.82, 2.24) is 9.88 Å². The summed E-state index contributed by atoms with van der Waals surface area (Å²) in [5.41, 5.74) is 9.77. The van der Waals surface area contributed by atoms with Crippen molar-refractivity contribution < 1.29 is 9.18 Å². The van der Waals surface area contributed by atoms with E-state index in [4.69, 9.17) is 10.7 Å². The number of nitrogens with zero attached hydrogens (tertiary/aromatic N) is 2. The fraction of sp³-hybridized carbons (Fsp3) is 0.263. The van der Waals surface area contributed by atoms with Gasteiger partial charge in [0.2, 0.25) is 0 Å². The molecule has 1 aliphatic heterocycles. The first-order valence-electron chi connectivity index (χ1n) is 8.39. The highest BCUT2D eigenvalue weighted by Crippen LogP contribution is 2.35. The number of benzene rings is 1. The third kappa shape index (κ3) is 2.93. The molecule has 1 aliphatic rings. The van der Waals surface area contributed by atoms with Crippen LogP contribution in [0.15, 0.2) is 24.3 Å². The lowest BCUT2D eigenvalue weighted by atomic mass is 10.0. The molecule has 0 saturated heterocycles. The standard InChI is InChI=1S/C19H19FN4OS/c1-10-3-4-15(13(20)7-10)22-18(25)17-16(21)12-8-11-9-24(2)6-5-14(11)23-19(12)26-17/h3-4,7-8H,5-6,9,21H2,1-2H3,(H,22,25). The van der Waals surface area contributed by atoms with Gasteiger partial charge in [0.15, 0.2) is 0 Å². The number of carbonyl (C=O) groups excluding carboxylic acids is 1. The monoisotopic (exact) mass is 370 g/mol. The molecule has 0 fully saturated rings. The molecule has 1 amide bonds. The van der Waals surface area contributed by atoms with E-state index in [1.54, 1.807) is 19.1 Å². The molecule has 2 aromatic heterocycles. The summed E-state index contributed by atoms with van der Waals surface area (Å²) < 4.78 is 14.0. The largest absolute Gasteiger partial charge is 0.397 e. The molecule has 0 atom stereocenters. The van der Waals surface area contributed by atoms with E-state index < -0.39 is 11.7 Å². The number of thiophene rings is 1. The van der Waals surface area contributed by atoms with Gasteiger partial charge < -0.3 is 16.0 Å². The van der Waals surface area contributed by atoms with Crippen LogP contribution >= 0.6 is 11.3 Å². The first kappa shape index (κ1) is 16.9. The number of amides is 1. The predicted octanol–water partition coefficient (Wildman–Crippen LogP) is 3.57.